The summed E-state index contributed by atoms with van der Waals surface area (Å²) >= 11 is 0.586. The van der Waals surface area contributed by atoms with Gasteiger partial charge in [0.2, 0.25) is 5.91 Å². The van der Waals surface area contributed by atoms with E-state index in [1.54, 1.807) is 0 Å². The monoisotopic (exact) mass is 221 g/mol. The SMILES string of the molecule is CC(=O)N[C@H](C(=O)O)C(C)(C)S[15N]=O. The molecular formula is C7H12N2O4S. The third-order valence-corrected chi connectivity index (χ3v) is 2.34. The van der Waals surface area contributed by atoms with Gasteiger partial charge in [-0.1, -0.05) is 0 Å². The predicted molar refractivity (Wildman–Crippen MR) is 52.7 cm³/mol. The van der Waals surface area contributed by atoms with Gasteiger partial charge >= 0.3 is 5.97 Å². The molecule has 1 atom stereocenters. The van der Waals surface area contributed by atoms with Gasteiger partial charge in [-0.2, -0.15) is 0 Å². The highest BCUT2D eigenvalue weighted by atomic mass is 32.2. The molecule has 6 nitrogen and oxygen atoms in total. The Balaban J connectivity index is 4.71. The predicted octanol–water partition coefficient (Wildman–Crippen LogP) is 0.769. The molecule has 0 spiro atoms. The van der Waals surface area contributed by atoms with Gasteiger partial charge in [-0.25, -0.2) is 4.79 Å². The maximum Gasteiger partial charge on any atom is 0.327 e. The minimum atomic E-state index is -1.19. The van der Waals surface area contributed by atoms with Gasteiger partial charge in [0.05, 0.1) is 4.75 Å². The average Bonchev–Trinajstić information content (AvgIpc) is 1.99. The van der Waals surface area contributed by atoms with Crippen molar-refractivity contribution in [3.05, 3.63) is 4.91 Å². The molecule has 0 heterocycles. The summed E-state index contributed by atoms with van der Waals surface area (Å²) in [5.41, 5.74) is 0. The van der Waals surface area contributed by atoms with E-state index in [9.17, 15) is 14.5 Å². The minimum absolute atomic E-state index is 0.461. The summed E-state index contributed by atoms with van der Waals surface area (Å²) < 4.78 is 1.60. The number of nitroso groups, excluding NO2 is 1. The second-order valence-corrected chi connectivity index (χ2v) is 4.62. The van der Waals surface area contributed by atoms with Gasteiger partial charge < -0.3 is 10.4 Å². The van der Waals surface area contributed by atoms with Crippen molar-refractivity contribution in [3.8, 4) is 0 Å². The van der Waals surface area contributed by atoms with Crippen molar-refractivity contribution in [1.29, 1.82) is 0 Å². The largest absolute Gasteiger partial charge is 0.480 e. The average molecular weight is 221 g/mol. The first kappa shape index (κ1) is 12.9. The van der Waals surface area contributed by atoms with E-state index in [0.29, 0.717) is 11.9 Å². The standard InChI is InChI=1S/C7H12N2O4S/c1-4(10)8-5(6(11)12)7(2,3)14-9-13/h5H,1-3H3,(H,8,10)(H,11,12)/t5-/m1/s1/i9+1. The van der Waals surface area contributed by atoms with E-state index >= 15 is 0 Å². The highest BCUT2D eigenvalue weighted by Gasteiger charge is 2.37. The van der Waals surface area contributed by atoms with E-state index in [2.05, 4.69) is 9.90 Å². The first-order valence-corrected chi connectivity index (χ1v) is 4.59. The number of nitrogens with zero attached hydrogens (tertiary/aromatic N) is 1. The number of carbonyl (C=O) groups is 2. The van der Waals surface area contributed by atoms with Gasteiger partial charge in [-0.3, -0.25) is 4.79 Å². The summed E-state index contributed by atoms with van der Waals surface area (Å²) in [6, 6.07) is -1.14. The summed E-state index contributed by atoms with van der Waals surface area (Å²) in [4.78, 5) is 31.5. The quantitative estimate of drug-likeness (QED) is 0.406. The number of carboxylic acids is 1. The molecule has 0 rings (SSSR count). The van der Waals surface area contributed by atoms with Crippen molar-refractivity contribution < 1.29 is 14.7 Å². The Hall–Kier alpha value is -1.11. The molecule has 80 valence electrons. The van der Waals surface area contributed by atoms with Crippen molar-refractivity contribution in [1.82, 2.24) is 5.32 Å². The van der Waals surface area contributed by atoms with Crippen LogP contribution in [0.15, 0.2) is 4.58 Å². The normalized spacial score (nSPS) is 13.1. The van der Waals surface area contributed by atoms with Gasteiger partial charge in [0.25, 0.3) is 0 Å². The highest BCUT2D eigenvalue weighted by molar-refractivity contribution is 7.99. The zero-order chi connectivity index (χ0) is 11.4. The van der Waals surface area contributed by atoms with Gasteiger partial charge in [0.1, 0.15) is 6.04 Å². The molecule has 0 aromatic heterocycles. The lowest BCUT2D eigenvalue weighted by Gasteiger charge is -2.27. The fraction of sp³-hybridized carbons (Fsp3) is 0.714. The number of amides is 1. The van der Waals surface area contributed by atoms with E-state index in [-0.39, 0.29) is 0 Å². The van der Waals surface area contributed by atoms with Gasteiger partial charge in [-0.15, -0.1) is 4.91 Å². The van der Waals surface area contributed by atoms with Crippen LogP contribution in [0.2, 0.25) is 0 Å². The summed E-state index contributed by atoms with van der Waals surface area (Å²) in [6.07, 6.45) is 0. The fourth-order valence-corrected chi connectivity index (χ4v) is 1.34. The molecule has 0 aromatic carbocycles. The van der Waals surface area contributed by atoms with Gasteiger partial charge in [0.15, 0.2) is 0 Å². The van der Waals surface area contributed by atoms with E-state index < -0.39 is 22.7 Å². The summed E-state index contributed by atoms with van der Waals surface area (Å²) in [5.74, 6) is -1.65. The fourth-order valence-electron chi connectivity index (χ4n) is 0.885. The number of rotatable bonds is 5. The molecule has 1 amide bonds. The van der Waals surface area contributed by atoms with Crippen LogP contribution in [0.5, 0.6) is 0 Å². The molecule has 0 fully saturated rings. The molecule has 7 heteroatoms. The van der Waals surface area contributed by atoms with Crippen LogP contribution >= 0.6 is 11.9 Å². The van der Waals surface area contributed by atoms with Gasteiger partial charge in [0, 0.05) is 23.5 Å². The van der Waals surface area contributed by atoms with Crippen LogP contribution in [0.4, 0.5) is 0 Å². The molecule has 2 N–H and O–H groups in total. The number of carbonyl (C=O) groups excluding carboxylic acids is 1. The van der Waals surface area contributed by atoms with Crippen molar-refractivity contribution in [2.75, 3.05) is 0 Å². The summed E-state index contributed by atoms with van der Waals surface area (Å²) in [5, 5.41) is 11.1. The number of nitrogens with one attached hydrogen (secondary N) is 1. The molecule has 0 aliphatic carbocycles. The maximum atomic E-state index is 10.8. The van der Waals surface area contributed by atoms with E-state index in [4.69, 9.17) is 5.11 Å². The van der Waals surface area contributed by atoms with Crippen molar-refractivity contribution in [3.63, 3.8) is 0 Å². The molecule has 0 aliphatic heterocycles. The molecule has 0 aromatic rings. The van der Waals surface area contributed by atoms with Crippen molar-refractivity contribution in [2.24, 2.45) is 4.58 Å². The van der Waals surface area contributed by atoms with Crippen molar-refractivity contribution in [2.45, 2.75) is 31.6 Å². The molecule has 0 saturated heterocycles. The van der Waals surface area contributed by atoms with Crippen LogP contribution < -0.4 is 5.32 Å². The Morgan fingerprint density at radius 3 is 2.29 bits per heavy atom. The number of hydrogen-bond donors (Lipinski definition) is 2. The maximum absolute atomic E-state index is 10.8. The zero-order valence-corrected chi connectivity index (χ0v) is 8.92. The Morgan fingerprint density at radius 2 is 2.00 bits per heavy atom. The van der Waals surface area contributed by atoms with Crippen LogP contribution in [-0.4, -0.2) is 27.8 Å². The second-order valence-electron chi connectivity index (χ2n) is 3.24. The van der Waals surface area contributed by atoms with Gasteiger partial charge in [-0.05, 0) is 13.8 Å². The minimum Gasteiger partial charge on any atom is -0.480 e. The van der Waals surface area contributed by atoms with E-state index in [1.807, 2.05) is 0 Å². The molecule has 0 radical (unpaired) electrons. The third-order valence-electron chi connectivity index (χ3n) is 1.56. The first-order chi connectivity index (χ1) is 6.31. The Morgan fingerprint density at radius 1 is 1.50 bits per heavy atom. The lowest BCUT2D eigenvalue weighted by Crippen LogP contribution is -2.51. The lowest BCUT2D eigenvalue weighted by atomic mass is 10.0. The van der Waals surface area contributed by atoms with E-state index in [1.165, 1.54) is 20.8 Å². The Kier molecular flexibility index (Phi) is 4.55. The van der Waals surface area contributed by atoms with E-state index in [0.717, 1.165) is 0 Å². The molecule has 14 heavy (non-hydrogen) atoms. The van der Waals surface area contributed by atoms with Crippen LogP contribution in [0.3, 0.4) is 0 Å². The number of carboxylic acid groups (broad SMARTS) is 1. The second kappa shape index (κ2) is 4.94. The lowest BCUT2D eigenvalue weighted by molar-refractivity contribution is -0.142. The molecule has 0 saturated carbocycles. The van der Waals surface area contributed by atoms with Crippen LogP contribution in [0.25, 0.3) is 0 Å². The Bertz CT molecular complexity index is 254. The summed E-state index contributed by atoms with van der Waals surface area (Å²) in [6.45, 7) is 4.26. The number of aliphatic carboxylic acids is 1. The molecule has 0 aliphatic rings. The van der Waals surface area contributed by atoms with Crippen molar-refractivity contribution >= 4 is 23.8 Å². The summed E-state index contributed by atoms with van der Waals surface area (Å²) in [7, 11) is 0. The first-order valence-electron chi connectivity index (χ1n) is 3.82. The molecule has 0 unspecified atom stereocenters. The highest BCUT2D eigenvalue weighted by Crippen LogP contribution is 2.29. The number of hydrogen-bond acceptors (Lipinski definition) is 5. The molecule has 0 bridgehead atoms. The van der Waals surface area contributed by atoms with Crippen LogP contribution in [-0.2, 0) is 9.59 Å². The molecular weight excluding hydrogens is 209 g/mol. The van der Waals surface area contributed by atoms with Crippen LogP contribution in [0.1, 0.15) is 20.8 Å². The van der Waals surface area contributed by atoms with Crippen LogP contribution in [0, 0.1) is 4.91 Å². The topological polar surface area (TPSA) is 95.8 Å². The third kappa shape index (κ3) is 3.73. The zero-order valence-electron chi connectivity index (χ0n) is 8.10. The Labute approximate surface area is 85.5 Å². The smallest absolute Gasteiger partial charge is 0.327 e.